The summed E-state index contributed by atoms with van der Waals surface area (Å²) in [5.41, 5.74) is 0.799. The first-order chi connectivity index (χ1) is 3.80. The van der Waals surface area contributed by atoms with Gasteiger partial charge in [-0.05, 0) is 24.6 Å². The van der Waals surface area contributed by atoms with Crippen LogP contribution in [0.4, 0.5) is 0 Å². The molecule has 0 atom stereocenters. The lowest BCUT2D eigenvalue weighted by Crippen LogP contribution is -1.69. The van der Waals surface area contributed by atoms with Crippen LogP contribution in [-0.4, -0.2) is 5.11 Å². The monoisotopic (exact) mass is 107 g/mol. The van der Waals surface area contributed by atoms with Crippen molar-refractivity contribution < 1.29 is 5.11 Å². The van der Waals surface area contributed by atoms with Gasteiger partial charge in [0, 0.05) is 0 Å². The Balaban J connectivity index is 3.13. The van der Waals surface area contributed by atoms with Crippen LogP contribution in [0.25, 0.3) is 0 Å². The highest BCUT2D eigenvalue weighted by molar-refractivity contribution is 5.28. The zero-order chi connectivity index (χ0) is 5.98. The van der Waals surface area contributed by atoms with Crippen LogP contribution < -0.4 is 0 Å². The molecule has 1 aromatic carbocycles. The second kappa shape index (κ2) is 1.86. The van der Waals surface area contributed by atoms with E-state index in [1.807, 2.05) is 6.92 Å². The van der Waals surface area contributed by atoms with Crippen molar-refractivity contribution in [3.63, 3.8) is 0 Å². The Bertz CT molecular complexity index is 160. The summed E-state index contributed by atoms with van der Waals surface area (Å²) in [7, 11) is 0. The number of hydrogen-bond acceptors (Lipinski definition) is 1. The highest BCUT2D eigenvalue weighted by Gasteiger charge is 1.87. The lowest BCUT2D eigenvalue weighted by atomic mass is 10.2. The Labute approximate surface area is 48.6 Å². The molecule has 0 saturated carbocycles. The Morgan fingerprint density at radius 3 is 2.75 bits per heavy atom. The van der Waals surface area contributed by atoms with Gasteiger partial charge in [-0.2, -0.15) is 0 Å². The van der Waals surface area contributed by atoms with Gasteiger partial charge in [0.05, 0.1) is 0 Å². The van der Waals surface area contributed by atoms with Crippen molar-refractivity contribution in [1.82, 2.24) is 0 Å². The highest BCUT2D eigenvalue weighted by atomic mass is 16.3. The van der Waals surface area contributed by atoms with Crippen LogP contribution >= 0.6 is 0 Å². The first-order valence-electron chi connectivity index (χ1n) is 2.47. The van der Waals surface area contributed by atoms with E-state index < -0.39 is 0 Å². The summed E-state index contributed by atoms with van der Waals surface area (Å²) in [6.45, 7) is 1.81. The Kier molecular flexibility index (Phi) is 1.20. The Hall–Kier alpha value is -0.980. The maximum absolute atomic E-state index is 8.89. The Morgan fingerprint density at radius 1 is 1.62 bits per heavy atom. The van der Waals surface area contributed by atoms with Crippen LogP contribution in [-0.2, 0) is 0 Å². The summed E-state index contributed by atoms with van der Waals surface area (Å²) in [6.07, 6.45) is 0. The van der Waals surface area contributed by atoms with Gasteiger partial charge >= 0.3 is 0 Å². The van der Waals surface area contributed by atoms with Gasteiger partial charge in [-0.1, -0.05) is 12.1 Å². The van der Waals surface area contributed by atoms with Gasteiger partial charge in [0.15, 0.2) is 0 Å². The predicted molar refractivity (Wildman–Crippen MR) is 31.7 cm³/mol. The molecule has 0 fully saturated rings. The standard InChI is InChI=1S/C7H7O/c1-6-4-2-3-5-7(6)8/h2-3,5,8H,1H3. The first-order valence-corrected chi connectivity index (χ1v) is 2.47. The van der Waals surface area contributed by atoms with Crippen LogP contribution in [0.1, 0.15) is 5.56 Å². The molecule has 0 bridgehead atoms. The molecule has 0 spiro atoms. The van der Waals surface area contributed by atoms with E-state index in [0.29, 0.717) is 5.75 Å². The number of benzene rings is 1. The van der Waals surface area contributed by atoms with Crippen LogP contribution in [0.3, 0.4) is 0 Å². The molecule has 1 heteroatoms. The molecule has 8 heavy (non-hydrogen) atoms. The van der Waals surface area contributed by atoms with Crippen LogP contribution in [0, 0.1) is 13.0 Å². The SMILES string of the molecule is Cc1[c]cccc1O. The summed E-state index contributed by atoms with van der Waals surface area (Å²) in [5, 5.41) is 8.89. The number of aromatic hydroxyl groups is 1. The minimum Gasteiger partial charge on any atom is -0.508 e. The minimum atomic E-state index is 0.313. The van der Waals surface area contributed by atoms with Gasteiger partial charge in [-0.15, -0.1) is 0 Å². The molecule has 1 rings (SSSR count). The third kappa shape index (κ3) is 0.808. The second-order valence-corrected chi connectivity index (χ2v) is 1.68. The molecule has 1 nitrogen and oxygen atoms in total. The number of hydrogen-bond donors (Lipinski definition) is 1. The molecule has 1 aromatic rings. The van der Waals surface area contributed by atoms with E-state index >= 15 is 0 Å². The second-order valence-electron chi connectivity index (χ2n) is 1.68. The van der Waals surface area contributed by atoms with Crippen LogP contribution in [0.2, 0.25) is 0 Å². The zero-order valence-electron chi connectivity index (χ0n) is 4.68. The van der Waals surface area contributed by atoms with Gasteiger partial charge in [-0.25, -0.2) is 0 Å². The van der Waals surface area contributed by atoms with E-state index in [4.69, 9.17) is 5.11 Å². The summed E-state index contributed by atoms with van der Waals surface area (Å²) in [4.78, 5) is 0. The minimum absolute atomic E-state index is 0.313. The molecule has 0 unspecified atom stereocenters. The van der Waals surface area contributed by atoms with Gasteiger partial charge in [0.25, 0.3) is 0 Å². The molecule has 0 aromatic heterocycles. The van der Waals surface area contributed by atoms with E-state index in [2.05, 4.69) is 6.07 Å². The summed E-state index contributed by atoms with van der Waals surface area (Å²) in [5.74, 6) is 0.313. The van der Waals surface area contributed by atoms with Crippen LogP contribution in [0.5, 0.6) is 5.75 Å². The largest absolute Gasteiger partial charge is 0.508 e. The van der Waals surface area contributed by atoms with Crippen LogP contribution in [0.15, 0.2) is 18.2 Å². The van der Waals surface area contributed by atoms with E-state index in [1.54, 1.807) is 18.2 Å². The topological polar surface area (TPSA) is 20.2 Å². The number of phenolic OH excluding ortho intramolecular Hbond substituents is 1. The molecule has 1 radical (unpaired) electrons. The smallest absolute Gasteiger partial charge is 0.119 e. The van der Waals surface area contributed by atoms with Crippen molar-refractivity contribution >= 4 is 0 Å². The van der Waals surface area contributed by atoms with Crippen molar-refractivity contribution in [3.05, 3.63) is 29.8 Å². The van der Waals surface area contributed by atoms with Gasteiger partial charge in [0.2, 0.25) is 0 Å². The van der Waals surface area contributed by atoms with Gasteiger partial charge in [0.1, 0.15) is 5.75 Å². The third-order valence-corrected chi connectivity index (χ3v) is 1.03. The average molecular weight is 107 g/mol. The summed E-state index contributed by atoms with van der Waals surface area (Å²) in [6, 6.07) is 8.02. The van der Waals surface area contributed by atoms with Crippen molar-refractivity contribution in [2.75, 3.05) is 0 Å². The molecule has 0 amide bonds. The quantitative estimate of drug-likeness (QED) is 0.532. The van der Waals surface area contributed by atoms with Crippen molar-refractivity contribution in [3.8, 4) is 5.75 Å². The molecule has 0 aliphatic carbocycles. The fraction of sp³-hybridized carbons (Fsp3) is 0.143. The maximum Gasteiger partial charge on any atom is 0.119 e. The highest BCUT2D eigenvalue weighted by Crippen LogP contribution is 2.11. The van der Waals surface area contributed by atoms with Gasteiger partial charge in [-0.3, -0.25) is 0 Å². The molecule has 0 saturated heterocycles. The molecule has 1 N–H and O–H groups in total. The predicted octanol–water partition coefficient (Wildman–Crippen LogP) is 1.50. The number of rotatable bonds is 0. The summed E-state index contributed by atoms with van der Waals surface area (Å²) >= 11 is 0. The average Bonchev–Trinajstić information content (AvgIpc) is 1.77. The fourth-order valence-corrected chi connectivity index (χ4v) is 0.511. The molecule has 41 valence electrons. The Morgan fingerprint density at radius 2 is 2.38 bits per heavy atom. The first kappa shape index (κ1) is 5.16. The summed E-state index contributed by atoms with van der Waals surface area (Å²) < 4.78 is 0. The lowest BCUT2D eigenvalue weighted by Gasteiger charge is -1.91. The van der Waals surface area contributed by atoms with E-state index in [-0.39, 0.29) is 0 Å². The zero-order valence-corrected chi connectivity index (χ0v) is 4.68. The number of aryl methyl sites for hydroxylation is 1. The van der Waals surface area contributed by atoms with E-state index in [1.165, 1.54) is 0 Å². The van der Waals surface area contributed by atoms with Crippen molar-refractivity contribution in [1.29, 1.82) is 0 Å². The normalized spacial score (nSPS) is 9.12. The molecular weight excluding hydrogens is 100 g/mol. The maximum atomic E-state index is 8.89. The molecule has 0 aliphatic heterocycles. The van der Waals surface area contributed by atoms with Gasteiger partial charge < -0.3 is 5.11 Å². The van der Waals surface area contributed by atoms with E-state index in [0.717, 1.165) is 5.56 Å². The lowest BCUT2D eigenvalue weighted by molar-refractivity contribution is 0.471. The van der Waals surface area contributed by atoms with E-state index in [9.17, 15) is 0 Å². The van der Waals surface area contributed by atoms with Crippen molar-refractivity contribution in [2.24, 2.45) is 0 Å². The molecule has 0 aliphatic rings. The third-order valence-electron chi connectivity index (χ3n) is 1.03. The molecule has 0 heterocycles. The molecular formula is C7H7O. The fourth-order valence-electron chi connectivity index (χ4n) is 0.511. The number of phenols is 1. The van der Waals surface area contributed by atoms with Crippen molar-refractivity contribution in [2.45, 2.75) is 6.92 Å².